The predicted molar refractivity (Wildman–Crippen MR) is 81.0 cm³/mol. The summed E-state index contributed by atoms with van der Waals surface area (Å²) < 4.78 is 11.0. The first-order valence-electron chi connectivity index (χ1n) is 7.74. The topological polar surface area (TPSA) is 50.8 Å². The number of carbonyl (C=O) groups excluding carboxylic acids is 1. The Kier molecular flexibility index (Phi) is 4.48. The Morgan fingerprint density at radius 1 is 1.05 bits per heavy atom. The van der Waals surface area contributed by atoms with Gasteiger partial charge in [0.05, 0.1) is 6.54 Å². The van der Waals surface area contributed by atoms with Gasteiger partial charge in [-0.05, 0) is 25.0 Å². The first-order valence-corrected chi connectivity index (χ1v) is 7.74. The van der Waals surface area contributed by atoms with Crippen LogP contribution >= 0.6 is 0 Å². The molecule has 0 aromatic heterocycles. The van der Waals surface area contributed by atoms with Gasteiger partial charge in [-0.25, -0.2) is 0 Å². The first-order chi connectivity index (χ1) is 10.3. The molecule has 0 bridgehead atoms. The lowest BCUT2D eigenvalue weighted by Gasteiger charge is -2.22. The number of benzene rings is 1. The Bertz CT molecular complexity index is 496. The highest BCUT2D eigenvalue weighted by atomic mass is 16.6. The molecule has 2 aliphatic rings. The van der Waals surface area contributed by atoms with Crippen molar-refractivity contribution in [3.63, 3.8) is 0 Å². The molecule has 1 saturated heterocycles. The van der Waals surface area contributed by atoms with Gasteiger partial charge in [-0.1, -0.05) is 12.8 Å². The maximum atomic E-state index is 12.2. The average Bonchev–Trinajstić information content (AvgIpc) is 2.81. The van der Waals surface area contributed by atoms with Crippen LogP contribution in [0.2, 0.25) is 0 Å². The molecule has 0 saturated carbocycles. The summed E-state index contributed by atoms with van der Waals surface area (Å²) in [6, 6.07) is 5.70. The standard InChI is InChI=1S/C16H22N2O3/c19-16(18-7-3-1-2-4-8-18)12-17-13-5-6-14-15(11-13)21-10-9-20-14/h5-6,11,17H,1-4,7-10,12H2. The Hall–Kier alpha value is -1.91. The maximum Gasteiger partial charge on any atom is 0.241 e. The van der Waals surface area contributed by atoms with Crippen molar-refractivity contribution in [2.45, 2.75) is 25.7 Å². The molecule has 0 spiro atoms. The van der Waals surface area contributed by atoms with E-state index in [4.69, 9.17) is 9.47 Å². The highest BCUT2D eigenvalue weighted by molar-refractivity contribution is 5.81. The number of carbonyl (C=O) groups is 1. The summed E-state index contributed by atoms with van der Waals surface area (Å²) in [7, 11) is 0. The van der Waals surface area contributed by atoms with E-state index in [0.29, 0.717) is 19.8 Å². The number of fused-ring (bicyclic) bond motifs is 1. The summed E-state index contributed by atoms with van der Waals surface area (Å²) in [6.07, 6.45) is 4.71. The van der Waals surface area contributed by atoms with E-state index in [-0.39, 0.29) is 5.91 Å². The van der Waals surface area contributed by atoms with Crippen molar-refractivity contribution in [3.05, 3.63) is 18.2 Å². The van der Waals surface area contributed by atoms with E-state index in [9.17, 15) is 4.79 Å². The number of likely N-dealkylation sites (tertiary alicyclic amines) is 1. The van der Waals surface area contributed by atoms with E-state index < -0.39 is 0 Å². The highest BCUT2D eigenvalue weighted by Crippen LogP contribution is 2.32. The van der Waals surface area contributed by atoms with Crippen molar-refractivity contribution in [1.29, 1.82) is 0 Å². The zero-order chi connectivity index (χ0) is 14.5. The SMILES string of the molecule is O=C(CNc1ccc2c(c1)OCCO2)N1CCCCCC1. The number of hydrogen-bond donors (Lipinski definition) is 1. The fourth-order valence-corrected chi connectivity index (χ4v) is 2.76. The molecular formula is C16H22N2O3. The number of anilines is 1. The largest absolute Gasteiger partial charge is 0.486 e. The molecule has 0 atom stereocenters. The van der Waals surface area contributed by atoms with Crippen molar-refractivity contribution >= 4 is 11.6 Å². The molecule has 1 aromatic rings. The van der Waals surface area contributed by atoms with E-state index in [2.05, 4.69) is 5.32 Å². The predicted octanol–water partition coefficient (Wildman–Crippen LogP) is 2.27. The monoisotopic (exact) mass is 290 g/mol. The van der Waals surface area contributed by atoms with Gasteiger partial charge >= 0.3 is 0 Å². The molecular weight excluding hydrogens is 268 g/mol. The molecule has 1 amide bonds. The van der Waals surface area contributed by atoms with Crippen molar-refractivity contribution < 1.29 is 14.3 Å². The van der Waals surface area contributed by atoms with Crippen molar-refractivity contribution in [3.8, 4) is 11.5 Å². The smallest absolute Gasteiger partial charge is 0.241 e. The average molecular weight is 290 g/mol. The van der Waals surface area contributed by atoms with E-state index in [0.717, 1.165) is 43.1 Å². The van der Waals surface area contributed by atoms with E-state index >= 15 is 0 Å². The molecule has 0 aliphatic carbocycles. The van der Waals surface area contributed by atoms with Gasteiger partial charge in [0.25, 0.3) is 0 Å². The van der Waals surface area contributed by atoms with Crippen LogP contribution in [0.15, 0.2) is 18.2 Å². The summed E-state index contributed by atoms with van der Waals surface area (Å²) in [4.78, 5) is 14.2. The zero-order valence-corrected chi connectivity index (χ0v) is 12.3. The van der Waals surface area contributed by atoms with Gasteiger partial charge in [-0.2, -0.15) is 0 Å². The number of rotatable bonds is 3. The third kappa shape index (κ3) is 3.60. The lowest BCUT2D eigenvalue weighted by Crippen LogP contribution is -2.36. The molecule has 0 unspecified atom stereocenters. The fraction of sp³-hybridized carbons (Fsp3) is 0.562. The van der Waals surface area contributed by atoms with Gasteiger partial charge in [0, 0.05) is 24.8 Å². The maximum absolute atomic E-state index is 12.2. The fourth-order valence-electron chi connectivity index (χ4n) is 2.76. The van der Waals surface area contributed by atoms with E-state index in [1.165, 1.54) is 12.8 Å². The molecule has 5 heteroatoms. The van der Waals surface area contributed by atoms with Crippen LogP contribution in [0.1, 0.15) is 25.7 Å². The van der Waals surface area contributed by atoms with Crippen LogP contribution in [-0.2, 0) is 4.79 Å². The Morgan fingerprint density at radius 3 is 2.52 bits per heavy atom. The van der Waals surface area contributed by atoms with E-state index in [1.807, 2.05) is 23.1 Å². The molecule has 1 fully saturated rings. The van der Waals surface area contributed by atoms with Gasteiger partial charge in [0.15, 0.2) is 11.5 Å². The Labute approximate surface area is 125 Å². The molecule has 2 heterocycles. The van der Waals surface area contributed by atoms with Crippen molar-refractivity contribution in [2.75, 3.05) is 38.2 Å². The lowest BCUT2D eigenvalue weighted by atomic mass is 10.2. The quantitative estimate of drug-likeness (QED) is 0.928. The van der Waals surface area contributed by atoms with Crippen molar-refractivity contribution in [2.24, 2.45) is 0 Å². The highest BCUT2D eigenvalue weighted by Gasteiger charge is 2.16. The number of ether oxygens (including phenoxy) is 2. The second-order valence-electron chi connectivity index (χ2n) is 5.51. The Morgan fingerprint density at radius 2 is 1.76 bits per heavy atom. The van der Waals surface area contributed by atoms with Crippen LogP contribution in [0.5, 0.6) is 11.5 Å². The molecule has 2 aliphatic heterocycles. The minimum Gasteiger partial charge on any atom is -0.486 e. The van der Waals surface area contributed by atoms with Crippen molar-refractivity contribution in [1.82, 2.24) is 4.90 Å². The van der Waals surface area contributed by atoms with Gasteiger partial charge in [0.2, 0.25) is 5.91 Å². The van der Waals surface area contributed by atoms with Crippen LogP contribution < -0.4 is 14.8 Å². The minimum atomic E-state index is 0.173. The molecule has 5 nitrogen and oxygen atoms in total. The third-order valence-corrected chi connectivity index (χ3v) is 3.94. The first kappa shape index (κ1) is 14.0. The van der Waals surface area contributed by atoms with E-state index in [1.54, 1.807) is 0 Å². The number of amides is 1. The number of hydrogen-bond acceptors (Lipinski definition) is 4. The molecule has 0 radical (unpaired) electrons. The molecule has 1 N–H and O–H groups in total. The molecule has 1 aromatic carbocycles. The summed E-state index contributed by atoms with van der Waals surface area (Å²) >= 11 is 0. The van der Waals surface area contributed by atoms with Gasteiger partial charge in [-0.15, -0.1) is 0 Å². The van der Waals surface area contributed by atoms with Gasteiger partial charge < -0.3 is 19.7 Å². The molecule has 114 valence electrons. The molecule has 3 rings (SSSR count). The van der Waals surface area contributed by atoms with Crippen LogP contribution in [0.4, 0.5) is 5.69 Å². The molecule has 21 heavy (non-hydrogen) atoms. The summed E-state index contributed by atoms with van der Waals surface area (Å²) in [5.41, 5.74) is 0.891. The lowest BCUT2D eigenvalue weighted by molar-refractivity contribution is -0.129. The number of nitrogens with one attached hydrogen (secondary N) is 1. The van der Waals surface area contributed by atoms with Crippen LogP contribution in [0.25, 0.3) is 0 Å². The second kappa shape index (κ2) is 6.70. The summed E-state index contributed by atoms with van der Waals surface area (Å²) in [5.74, 6) is 1.69. The Balaban J connectivity index is 1.55. The summed E-state index contributed by atoms with van der Waals surface area (Å²) in [5, 5.41) is 3.19. The number of nitrogens with zero attached hydrogens (tertiary/aromatic N) is 1. The van der Waals surface area contributed by atoms with Gasteiger partial charge in [-0.3, -0.25) is 4.79 Å². The summed E-state index contributed by atoms with van der Waals surface area (Å²) in [6.45, 7) is 3.28. The normalized spacial score (nSPS) is 18.0. The van der Waals surface area contributed by atoms with Gasteiger partial charge in [0.1, 0.15) is 13.2 Å². The van der Waals surface area contributed by atoms with Crippen LogP contribution in [0.3, 0.4) is 0 Å². The zero-order valence-electron chi connectivity index (χ0n) is 12.3. The third-order valence-electron chi connectivity index (χ3n) is 3.94. The van der Waals surface area contributed by atoms with Crippen LogP contribution in [0, 0.1) is 0 Å². The van der Waals surface area contributed by atoms with Crippen LogP contribution in [-0.4, -0.2) is 43.7 Å². The second-order valence-corrected chi connectivity index (χ2v) is 5.51. The minimum absolute atomic E-state index is 0.173.